The van der Waals surface area contributed by atoms with E-state index in [-0.39, 0.29) is 30.7 Å². The maximum absolute atomic E-state index is 12.0. The minimum atomic E-state index is -0.0313. The average Bonchev–Trinajstić information content (AvgIpc) is 2.90. The normalized spacial score (nSPS) is 9.55. The molecule has 4 nitrogen and oxygen atoms in total. The van der Waals surface area contributed by atoms with Crippen LogP contribution in [0.3, 0.4) is 0 Å². The molecule has 2 rings (SSSR count). The first-order chi connectivity index (χ1) is 9.70. The predicted molar refractivity (Wildman–Crippen MR) is 97.7 cm³/mol. The lowest BCUT2D eigenvalue weighted by molar-refractivity contribution is 0.0953. The fourth-order valence-corrected chi connectivity index (χ4v) is 2.64. The third-order valence-electron chi connectivity index (χ3n) is 2.88. The van der Waals surface area contributed by atoms with Crippen LogP contribution < -0.4 is 10.6 Å². The van der Waals surface area contributed by atoms with Gasteiger partial charge in [-0.3, -0.25) is 4.79 Å². The second kappa shape index (κ2) is 10.6. The Morgan fingerprint density at radius 2 is 2.05 bits per heavy atom. The van der Waals surface area contributed by atoms with E-state index in [2.05, 4.69) is 15.6 Å². The fraction of sp³-hybridized carbons (Fsp3) is 0.333. The van der Waals surface area contributed by atoms with Crippen LogP contribution in [0.15, 0.2) is 29.6 Å². The Kier molecular flexibility index (Phi) is 10.0. The Hall–Kier alpha value is -1.14. The first-order valence-electron chi connectivity index (χ1n) is 6.66. The van der Waals surface area contributed by atoms with Crippen LogP contribution in [-0.2, 0) is 0 Å². The average molecular weight is 362 g/mol. The molecule has 0 radical (unpaired) electrons. The molecule has 0 atom stereocenters. The smallest absolute Gasteiger partial charge is 0.251 e. The van der Waals surface area contributed by atoms with Crippen molar-refractivity contribution >= 4 is 42.1 Å². The Morgan fingerprint density at radius 3 is 2.68 bits per heavy atom. The predicted octanol–water partition coefficient (Wildman–Crippen LogP) is 3.30. The molecule has 0 unspecified atom stereocenters. The number of nitrogens with one attached hydrogen (secondary N) is 2. The van der Waals surface area contributed by atoms with Crippen molar-refractivity contribution in [1.29, 1.82) is 0 Å². The zero-order valence-electron chi connectivity index (χ0n) is 12.6. The van der Waals surface area contributed by atoms with Gasteiger partial charge in [0.05, 0.1) is 0 Å². The molecule has 2 aromatic rings. The van der Waals surface area contributed by atoms with Crippen molar-refractivity contribution < 1.29 is 4.79 Å². The SMILES string of the molecule is CNCCCNC(=O)c1cccc(-c2nc(C)cs2)c1.Cl.Cl. The molecule has 0 fully saturated rings. The molecule has 0 aliphatic carbocycles. The van der Waals surface area contributed by atoms with Crippen molar-refractivity contribution in [3.63, 3.8) is 0 Å². The number of hydrogen-bond donors (Lipinski definition) is 2. The molecular weight excluding hydrogens is 341 g/mol. The van der Waals surface area contributed by atoms with Gasteiger partial charge in [-0.25, -0.2) is 4.98 Å². The van der Waals surface area contributed by atoms with E-state index in [1.807, 2.05) is 43.6 Å². The van der Waals surface area contributed by atoms with Crippen molar-refractivity contribution in [3.05, 3.63) is 40.9 Å². The first-order valence-corrected chi connectivity index (χ1v) is 7.54. The summed E-state index contributed by atoms with van der Waals surface area (Å²) in [4.78, 5) is 16.5. The number of aryl methyl sites for hydroxylation is 1. The number of carbonyl (C=O) groups excluding carboxylic acids is 1. The van der Waals surface area contributed by atoms with E-state index >= 15 is 0 Å². The van der Waals surface area contributed by atoms with Gasteiger partial charge in [0.2, 0.25) is 0 Å². The molecular formula is C15H21Cl2N3OS. The Balaban J connectivity index is 0.00000220. The monoisotopic (exact) mass is 361 g/mol. The van der Waals surface area contributed by atoms with Crippen molar-refractivity contribution in [2.75, 3.05) is 20.1 Å². The molecule has 2 N–H and O–H groups in total. The van der Waals surface area contributed by atoms with Crippen molar-refractivity contribution in [3.8, 4) is 10.6 Å². The molecule has 22 heavy (non-hydrogen) atoms. The number of carbonyl (C=O) groups is 1. The van der Waals surface area contributed by atoms with E-state index in [0.29, 0.717) is 12.1 Å². The summed E-state index contributed by atoms with van der Waals surface area (Å²) < 4.78 is 0. The molecule has 0 bridgehead atoms. The highest BCUT2D eigenvalue weighted by atomic mass is 35.5. The minimum absolute atomic E-state index is 0. The van der Waals surface area contributed by atoms with Crippen molar-refractivity contribution in [1.82, 2.24) is 15.6 Å². The van der Waals surface area contributed by atoms with Crippen LogP contribution in [0.1, 0.15) is 22.5 Å². The summed E-state index contributed by atoms with van der Waals surface area (Å²) in [5.41, 5.74) is 2.68. The van der Waals surface area contributed by atoms with Gasteiger partial charge >= 0.3 is 0 Å². The highest BCUT2D eigenvalue weighted by Crippen LogP contribution is 2.24. The van der Waals surface area contributed by atoms with Gasteiger partial charge in [0.25, 0.3) is 5.91 Å². The van der Waals surface area contributed by atoms with Gasteiger partial charge in [0.1, 0.15) is 5.01 Å². The lowest BCUT2D eigenvalue weighted by Gasteiger charge is -2.06. The second-order valence-electron chi connectivity index (χ2n) is 4.59. The van der Waals surface area contributed by atoms with Gasteiger partial charge in [0.15, 0.2) is 0 Å². The molecule has 0 spiro atoms. The number of aromatic nitrogens is 1. The zero-order chi connectivity index (χ0) is 14.4. The molecule has 122 valence electrons. The van der Waals surface area contributed by atoms with Crippen LogP contribution in [0.25, 0.3) is 10.6 Å². The number of amides is 1. The molecule has 1 aromatic carbocycles. The summed E-state index contributed by atoms with van der Waals surface area (Å²) in [7, 11) is 1.90. The maximum atomic E-state index is 12.0. The van der Waals surface area contributed by atoms with Gasteiger partial charge in [-0.15, -0.1) is 36.2 Å². The first kappa shape index (κ1) is 20.9. The Labute approximate surface area is 147 Å². The largest absolute Gasteiger partial charge is 0.352 e. The molecule has 7 heteroatoms. The summed E-state index contributed by atoms with van der Waals surface area (Å²) in [5, 5.41) is 8.94. The summed E-state index contributed by atoms with van der Waals surface area (Å²) in [5.74, 6) is -0.0313. The van der Waals surface area contributed by atoms with Gasteiger partial charge in [0, 0.05) is 28.7 Å². The Morgan fingerprint density at radius 1 is 1.27 bits per heavy atom. The summed E-state index contributed by atoms with van der Waals surface area (Å²) in [6.45, 7) is 3.55. The van der Waals surface area contributed by atoms with E-state index in [1.54, 1.807) is 11.3 Å². The number of nitrogens with zero attached hydrogens (tertiary/aromatic N) is 1. The fourth-order valence-electron chi connectivity index (χ4n) is 1.85. The number of rotatable bonds is 6. The number of hydrogen-bond acceptors (Lipinski definition) is 4. The number of thiazole rings is 1. The third-order valence-corrected chi connectivity index (χ3v) is 3.89. The van der Waals surface area contributed by atoms with Gasteiger partial charge in [-0.1, -0.05) is 12.1 Å². The van der Waals surface area contributed by atoms with Crippen LogP contribution in [-0.4, -0.2) is 31.0 Å². The number of benzene rings is 1. The maximum Gasteiger partial charge on any atom is 0.251 e. The highest BCUT2D eigenvalue weighted by molar-refractivity contribution is 7.13. The standard InChI is InChI=1S/C15H19N3OS.2ClH/c1-11-10-20-15(18-11)13-6-3-5-12(9-13)14(19)17-8-4-7-16-2;;/h3,5-6,9-10,16H,4,7-8H2,1-2H3,(H,17,19);2*1H. The molecule has 1 aromatic heterocycles. The van der Waals surface area contributed by atoms with Gasteiger partial charge in [-0.05, 0) is 39.1 Å². The van der Waals surface area contributed by atoms with E-state index in [4.69, 9.17) is 0 Å². The lowest BCUT2D eigenvalue weighted by Crippen LogP contribution is -2.26. The van der Waals surface area contributed by atoms with Crippen LogP contribution in [0, 0.1) is 6.92 Å². The summed E-state index contributed by atoms with van der Waals surface area (Å²) >= 11 is 1.60. The van der Waals surface area contributed by atoms with Crippen LogP contribution in [0.5, 0.6) is 0 Å². The second-order valence-corrected chi connectivity index (χ2v) is 5.45. The van der Waals surface area contributed by atoms with Crippen LogP contribution >= 0.6 is 36.2 Å². The third kappa shape index (κ3) is 5.93. The lowest BCUT2D eigenvalue weighted by atomic mass is 10.1. The van der Waals surface area contributed by atoms with Crippen LogP contribution in [0.4, 0.5) is 0 Å². The van der Waals surface area contributed by atoms with E-state index < -0.39 is 0 Å². The minimum Gasteiger partial charge on any atom is -0.352 e. The highest BCUT2D eigenvalue weighted by Gasteiger charge is 2.08. The quantitative estimate of drug-likeness (QED) is 0.776. The van der Waals surface area contributed by atoms with Gasteiger partial charge in [-0.2, -0.15) is 0 Å². The van der Waals surface area contributed by atoms with Crippen molar-refractivity contribution in [2.24, 2.45) is 0 Å². The number of halogens is 2. The zero-order valence-corrected chi connectivity index (χ0v) is 15.0. The molecule has 0 saturated heterocycles. The Bertz CT molecular complexity index is 590. The summed E-state index contributed by atoms with van der Waals surface area (Å²) in [6.07, 6.45) is 0.924. The summed E-state index contributed by atoms with van der Waals surface area (Å²) in [6, 6.07) is 7.60. The van der Waals surface area contributed by atoms with Crippen LogP contribution in [0.2, 0.25) is 0 Å². The molecule has 1 heterocycles. The molecule has 0 aliphatic heterocycles. The topological polar surface area (TPSA) is 54.0 Å². The molecule has 0 saturated carbocycles. The van der Waals surface area contributed by atoms with E-state index in [1.165, 1.54) is 0 Å². The molecule has 0 aliphatic rings. The van der Waals surface area contributed by atoms with E-state index in [0.717, 1.165) is 29.2 Å². The van der Waals surface area contributed by atoms with Crippen molar-refractivity contribution in [2.45, 2.75) is 13.3 Å². The van der Waals surface area contributed by atoms with Gasteiger partial charge < -0.3 is 10.6 Å². The molecule has 1 amide bonds. The van der Waals surface area contributed by atoms with E-state index in [9.17, 15) is 4.79 Å².